The summed E-state index contributed by atoms with van der Waals surface area (Å²) in [5.41, 5.74) is 8.30. The minimum Gasteiger partial charge on any atom is -0.330 e. The summed E-state index contributed by atoms with van der Waals surface area (Å²) in [5, 5.41) is 3.57. The van der Waals surface area contributed by atoms with E-state index in [-0.39, 0.29) is 0 Å². The first-order chi connectivity index (χ1) is 6.74. The molecule has 2 rings (SSSR count). The Kier molecular flexibility index (Phi) is 2.91. The van der Waals surface area contributed by atoms with E-state index in [1.165, 1.54) is 25.7 Å². The largest absolute Gasteiger partial charge is 0.330 e. The van der Waals surface area contributed by atoms with E-state index < -0.39 is 0 Å². The van der Waals surface area contributed by atoms with E-state index in [0.29, 0.717) is 6.54 Å². The van der Waals surface area contributed by atoms with Crippen molar-refractivity contribution in [2.24, 2.45) is 5.73 Å². The monoisotopic (exact) mass is 269 g/mol. The topological polar surface area (TPSA) is 26.0 Å². The van der Waals surface area contributed by atoms with Crippen LogP contribution >= 0.6 is 27.3 Å². The molecule has 0 aliphatic rings. The Bertz CT molecular complexity index is 462. The fourth-order valence-corrected chi connectivity index (χ4v) is 3.47. The molecule has 1 aromatic heterocycles. The van der Waals surface area contributed by atoms with Gasteiger partial charge in [-0.3, -0.25) is 0 Å². The predicted molar refractivity (Wildman–Crippen MR) is 67.0 cm³/mol. The second-order valence-corrected chi connectivity index (χ2v) is 5.10. The molecule has 0 radical (unpaired) electrons. The van der Waals surface area contributed by atoms with E-state index in [1.54, 1.807) is 0 Å². The average molecular weight is 270 g/mol. The fraction of sp³-hybridized carbons (Fsp3) is 0.273. The smallest absolute Gasteiger partial charge is 0.0386 e. The van der Waals surface area contributed by atoms with Gasteiger partial charge in [-0.1, -0.05) is 22.0 Å². The van der Waals surface area contributed by atoms with Gasteiger partial charge < -0.3 is 5.73 Å². The van der Waals surface area contributed by atoms with Crippen molar-refractivity contribution in [2.45, 2.75) is 13.3 Å². The first kappa shape index (κ1) is 10.1. The third-order valence-electron chi connectivity index (χ3n) is 2.36. The Morgan fingerprint density at radius 1 is 1.43 bits per heavy atom. The minimum absolute atomic E-state index is 0.714. The van der Waals surface area contributed by atoms with Gasteiger partial charge in [-0.15, -0.1) is 11.3 Å². The highest BCUT2D eigenvalue weighted by atomic mass is 79.9. The highest BCUT2D eigenvalue weighted by Gasteiger charge is 2.08. The van der Waals surface area contributed by atoms with Crippen LogP contribution in [0.5, 0.6) is 0 Å². The van der Waals surface area contributed by atoms with Gasteiger partial charge in [-0.2, -0.15) is 0 Å². The maximum atomic E-state index is 5.59. The number of rotatable bonds is 2. The molecule has 0 spiro atoms. The quantitative estimate of drug-likeness (QED) is 0.888. The molecule has 0 atom stereocenters. The van der Waals surface area contributed by atoms with Crippen LogP contribution in [0.15, 0.2) is 22.0 Å². The molecule has 1 heterocycles. The minimum atomic E-state index is 0.714. The third-order valence-corrected chi connectivity index (χ3v) is 4.18. The van der Waals surface area contributed by atoms with Crippen LogP contribution in [-0.2, 0) is 6.42 Å². The van der Waals surface area contributed by atoms with Gasteiger partial charge in [0.2, 0.25) is 0 Å². The molecule has 0 saturated carbocycles. The standard InChI is InChI=1S/C11H12BrNS/c1-7-2-3-9(12)10-8(4-5-13)6-14-11(7)10/h2-3,6H,4-5,13H2,1H3. The van der Waals surface area contributed by atoms with Gasteiger partial charge in [0, 0.05) is 14.6 Å². The Hall–Kier alpha value is -0.380. The highest BCUT2D eigenvalue weighted by Crippen LogP contribution is 2.34. The Labute approximate surface area is 96.1 Å². The first-order valence-electron chi connectivity index (χ1n) is 4.59. The van der Waals surface area contributed by atoms with Crippen LogP contribution in [-0.4, -0.2) is 6.54 Å². The van der Waals surface area contributed by atoms with Crippen LogP contribution in [0.3, 0.4) is 0 Å². The molecule has 0 saturated heterocycles. The summed E-state index contributed by atoms with van der Waals surface area (Å²) in [4.78, 5) is 0. The second kappa shape index (κ2) is 4.01. The lowest BCUT2D eigenvalue weighted by atomic mass is 10.1. The van der Waals surface area contributed by atoms with Crippen LogP contribution in [0.25, 0.3) is 10.1 Å². The molecule has 0 unspecified atom stereocenters. The summed E-state index contributed by atoms with van der Waals surface area (Å²) < 4.78 is 2.56. The predicted octanol–water partition coefficient (Wildman–Crippen LogP) is 3.47. The van der Waals surface area contributed by atoms with Gasteiger partial charge in [-0.25, -0.2) is 0 Å². The maximum absolute atomic E-state index is 5.59. The van der Waals surface area contributed by atoms with Crippen LogP contribution in [0, 0.1) is 6.92 Å². The van der Waals surface area contributed by atoms with Crippen molar-refractivity contribution in [1.82, 2.24) is 0 Å². The van der Waals surface area contributed by atoms with Crippen molar-refractivity contribution in [3.8, 4) is 0 Å². The summed E-state index contributed by atoms with van der Waals surface area (Å²) >= 11 is 5.41. The SMILES string of the molecule is Cc1ccc(Br)c2c(CCN)csc12. The molecular formula is C11H12BrNS. The molecular weight excluding hydrogens is 258 g/mol. The zero-order chi connectivity index (χ0) is 10.1. The van der Waals surface area contributed by atoms with E-state index >= 15 is 0 Å². The van der Waals surface area contributed by atoms with E-state index in [1.807, 2.05) is 11.3 Å². The molecule has 74 valence electrons. The van der Waals surface area contributed by atoms with Crippen LogP contribution in [0.4, 0.5) is 0 Å². The zero-order valence-electron chi connectivity index (χ0n) is 8.01. The molecule has 0 aliphatic carbocycles. The van der Waals surface area contributed by atoms with Crippen molar-refractivity contribution < 1.29 is 0 Å². The normalized spacial score (nSPS) is 11.1. The number of halogens is 1. The molecule has 0 aliphatic heterocycles. The Morgan fingerprint density at radius 3 is 2.93 bits per heavy atom. The molecule has 2 aromatic rings. The molecule has 2 N–H and O–H groups in total. The van der Waals surface area contributed by atoms with E-state index in [2.05, 4.69) is 40.4 Å². The lowest BCUT2D eigenvalue weighted by Gasteiger charge is -2.01. The Balaban J connectivity index is 2.70. The lowest BCUT2D eigenvalue weighted by molar-refractivity contribution is 0.981. The van der Waals surface area contributed by atoms with E-state index in [9.17, 15) is 0 Å². The van der Waals surface area contributed by atoms with Gasteiger partial charge in [-0.05, 0) is 42.5 Å². The van der Waals surface area contributed by atoms with Gasteiger partial charge in [0.05, 0.1) is 0 Å². The van der Waals surface area contributed by atoms with Crippen molar-refractivity contribution in [3.63, 3.8) is 0 Å². The van der Waals surface area contributed by atoms with E-state index in [0.717, 1.165) is 6.42 Å². The molecule has 3 heteroatoms. The van der Waals surface area contributed by atoms with Crippen molar-refractivity contribution in [2.75, 3.05) is 6.54 Å². The lowest BCUT2D eigenvalue weighted by Crippen LogP contribution is -2.01. The zero-order valence-corrected chi connectivity index (χ0v) is 10.4. The average Bonchev–Trinajstić information content (AvgIpc) is 2.58. The highest BCUT2D eigenvalue weighted by molar-refractivity contribution is 9.10. The number of fused-ring (bicyclic) bond motifs is 1. The van der Waals surface area contributed by atoms with Crippen LogP contribution in [0.1, 0.15) is 11.1 Å². The first-order valence-corrected chi connectivity index (χ1v) is 6.26. The molecule has 0 fully saturated rings. The van der Waals surface area contributed by atoms with Crippen molar-refractivity contribution in [1.29, 1.82) is 0 Å². The summed E-state index contributed by atoms with van der Waals surface area (Å²) in [7, 11) is 0. The summed E-state index contributed by atoms with van der Waals surface area (Å²) in [5.74, 6) is 0. The number of hydrogen-bond acceptors (Lipinski definition) is 2. The number of aryl methyl sites for hydroxylation is 1. The number of thiophene rings is 1. The van der Waals surface area contributed by atoms with Gasteiger partial charge >= 0.3 is 0 Å². The third kappa shape index (κ3) is 1.60. The maximum Gasteiger partial charge on any atom is 0.0386 e. The molecule has 1 aromatic carbocycles. The Morgan fingerprint density at radius 2 is 2.21 bits per heavy atom. The molecule has 1 nitrogen and oxygen atoms in total. The molecule has 0 bridgehead atoms. The van der Waals surface area contributed by atoms with Gasteiger partial charge in [0.25, 0.3) is 0 Å². The summed E-state index contributed by atoms with van der Waals surface area (Å²) in [6, 6.07) is 4.26. The van der Waals surface area contributed by atoms with E-state index in [4.69, 9.17) is 5.73 Å². The number of nitrogens with two attached hydrogens (primary N) is 1. The van der Waals surface area contributed by atoms with Gasteiger partial charge in [0.15, 0.2) is 0 Å². The number of benzene rings is 1. The number of hydrogen-bond donors (Lipinski definition) is 1. The summed E-state index contributed by atoms with van der Waals surface area (Å²) in [6.07, 6.45) is 0.960. The molecule has 14 heavy (non-hydrogen) atoms. The fourth-order valence-electron chi connectivity index (χ4n) is 1.64. The van der Waals surface area contributed by atoms with Crippen LogP contribution in [0.2, 0.25) is 0 Å². The van der Waals surface area contributed by atoms with Crippen molar-refractivity contribution in [3.05, 3.63) is 33.1 Å². The van der Waals surface area contributed by atoms with Gasteiger partial charge in [0.1, 0.15) is 0 Å². The summed E-state index contributed by atoms with van der Waals surface area (Å²) in [6.45, 7) is 2.86. The van der Waals surface area contributed by atoms with Crippen molar-refractivity contribution >= 4 is 37.4 Å². The van der Waals surface area contributed by atoms with Crippen LogP contribution < -0.4 is 5.73 Å². The molecule has 0 amide bonds. The second-order valence-electron chi connectivity index (χ2n) is 3.37.